The molecule has 0 aromatic heterocycles. The Morgan fingerprint density at radius 1 is 1.13 bits per heavy atom. The maximum absolute atomic E-state index is 12.3. The van der Waals surface area contributed by atoms with Crippen LogP contribution in [0, 0.1) is 16.7 Å². The Labute approximate surface area is 140 Å². The van der Waals surface area contributed by atoms with Gasteiger partial charge in [0.2, 0.25) is 0 Å². The van der Waals surface area contributed by atoms with Crippen molar-refractivity contribution in [2.24, 2.45) is 16.7 Å². The molecule has 3 atom stereocenters. The number of esters is 1. The van der Waals surface area contributed by atoms with E-state index in [9.17, 15) is 13.2 Å². The molecule has 2 bridgehead atoms. The van der Waals surface area contributed by atoms with E-state index >= 15 is 0 Å². The van der Waals surface area contributed by atoms with Gasteiger partial charge >= 0.3 is 5.97 Å². The maximum atomic E-state index is 12.3. The molecule has 0 radical (unpaired) electrons. The molecule has 0 amide bonds. The number of ether oxygens (including phenoxy) is 1. The minimum atomic E-state index is -3.14. The van der Waals surface area contributed by atoms with Crippen LogP contribution in [0.1, 0.15) is 72.1 Å². The number of rotatable bonds is 5. The van der Waals surface area contributed by atoms with Crippen molar-refractivity contribution in [3.05, 3.63) is 0 Å². The van der Waals surface area contributed by atoms with Crippen molar-refractivity contribution in [1.29, 1.82) is 0 Å². The number of hydrogen-bond acceptors (Lipinski definition) is 4. The second kappa shape index (κ2) is 5.75. The van der Waals surface area contributed by atoms with Gasteiger partial charge in [-0.25, -0.2) is 8.42 Å². The molecule has 5 heteroatoms. The van der Waals surface area contributed by atoms with Gasteiger partial charge in [-0.2, -0.15) is 0 Å². The van der Waals surface area contributed by atoms with E-state index in [1.54, 1.807) is 0 Å². The Kier molecular flexibility index (Phi) is 4.31. The summed E-state index contributed by atoms with van der Waals surface area (Å²) in [5.74, 6) is 0.237. The summed E-state index contributed by atoms with van der Waals surface area (Å²) in [6, 6.07) is 0. The lowest BCUT2D eigenvalue weighted by Gasteiger charge is -2.38. The van der Waals surface area contributed by atoms with Gasteiger partial charge in [0.25, 0.3) is 0 Å². The highest BCUT2D eigenvalue weighted by Crippen LogP contribution is 2.66. The lowest BCUT2D eigenvalue weighted by atomic mass is 9.70. The van der Waals surface area contributed by atoms with Crippen molar-refractivity contribution in [2.45, 2.75) is 83.5 Å². The molecule has 0 aromatic carbocycles. The third-order valence-corrected chi connectivity index (χ3v) is 9.65. The SMILES string of the molecule is CC1(C)[C@H]2CC[C@@]1(C)[C@@H](OC(=O)CCS(=O)(=O)C1CCCC1)C2. The van der Waals surface area contributed by atoms with Crippen molar-refractivity contribution in [3.8, 4) is 0 Å². The average molecular weight is 343 g/mol. The summed E-state index contributed by atoms with van der Waals surface area (Å²) in [5.41, 5.74) is 0.242. The third kappa shape index (κ3) is 2.83. The first-order valence-corrected chi connectivity index (χ1v) is 10.8. The molecule has 3 rings (SSSR count). The summed E-state index contributed by atoms with van der Waals surface area (Å²) in [4.78, 5) is 12.2. The van der Waals surface area contributed by atoms with Crippen LogP contribution >= 0.6 is 0 Å². The molecule has 0 aromatic rings. The van der Waals surface area contributed by atoms with Crippen molar-refractivity contribution in [1.82, 2.24) is 0 Å². The smallest absolute Gasteiger partial charge is 0.307 e. The van der Waals surface area contributed by atoms with E-state index in [0.29, 0.717) is 5.92 Å². The molecule has 0 aliphatic heterocycles. The lowest BCUT2D eigenvalue weighted by molar-refractivity contribution is -0.156. The first kappa shape index (κ1) is 17.2. The predicted octanol–water partition coefficient (Wildman–Crippen LogP) is 3.49. The topological polar surface area (TPSA) is 60.4 Å². The van der Waals surface area contributed by atoms with Gasteiger partial charge in [0.05, 0.1) is 17.4 Å². The zero-order valence-electron chi connectivity index (χ0n) is 14.6. The normalized spacial score (nSPS) is 36.5. The summed E-state index contributed by atoms with van der Waals surface area (Å²) >= 11 is 0. The summed E-state index contributed by atoms with van der Waals surface area (Å²) in [5, 5.41) is -0.228. The second-order valence-corrected chi connectivity index (χ2v) is 11.0. The maximum Gasteiger partial charge on any atom is 0.307 e. The Bertz CT molecular complexity index is 574. The second-order valence-electron chi connectivity index (χ2n) is 8.61. The van der Waals surface area contributed by atoms with Crippen LogP contribution in [0.3, 0.4) is 0 Å². The van der Waals surface area contributed by atoms with Crippen LogP contribution in [0.4, 0.5) is 0 Å². The van der Waals surface area contributed by atoms with Gasteiger partial charge in [-0.3, -0.25) is 4.79 Å². The third-order valence-electron chi connectivity index (χ3n) is 7.39. The van der Waals surface area contributed by atoms with Crippen LogP contribution in [0.5, 0.6) is 0 Å². The van der Waals surface area contributed by atoms with Crippen molar-refractivity contribution < 1.29 is 17.9 Å². The average Bonchev–Trinajstić information content (AvgIpc) is 3.12. The molecule has 0 heterocycles. The molecule has 132 valence electrons. The van der Waals surface area contributed by atoms with Crippen molar-refractivity contribution in [3.63, 3.8) is 0 Å². The predicted molar refractivity (Wildman–Crippen MR) is 89.8 cm³/mol. The lowest BCUT2D eigenvalue weighted by Crippen LogP contribution is -2.38. The number of carbonyl (C=O) groups excluding carboxylic acids is 1. The number of sulfone groups is 1. The van der Waals surface area contributed by atoms with Gasteiger partial charge in [-0.1, -0.05) is 33.6 Å². The van der Waals surface area contributed by atoms with Gasteiger partial charge < -0.3 is 4.74 Å². The number of fused-ring (bicyclic) bond motifs is 2. The van der Waals surface area contributed by atoms with Gasteiger partial charge in [0, 0.05) is 5.41 Å². The van der Waals surface area contributed by atoms with Gasteiger partial charge in [-0.15, -0.1) is 0 Å². The Balaban J connectivity index is 1.55. The molecule has 23 heavy (non-hydrogen) atoms. The summed E-state index contributed by atoms with van der Waals surface area (Å²) < 4.78 is 30.3. The number of carbonyl (C=O) groups is 1. The van der Waals surface area contributed by atoms with E-state index in [2.05, 4.69) is 20.8 Å². The highest BCUT2D eigenvalue weighted by atomic mass is 32.2. The molecule has 3 saturated carbocycles. The Hall–Kier alpha value is -0.580. The molecule has 3 aliphatic carbocycles. The Morgan fingerprint density at radius 2 is 1.78 bits per heavy atom. The quantitative estimate of drug-likeness (QED) is 0.718. The van der Waals surface area contributed by atoms with E-state index in [-0.39, 0.29) is 40.3 Å². The fourth-order valence-electron chi connectivity index (χ4n) is 5.17. The van der Waals surface area contributed by atoms with Crippen LogP contribution in [0.15, 0.2) is 0 Å². The molecule has 4 nitrogen and oxygen atoms in total. The Morgan fingerprint density at radius 3 is 2.30 bits per heavy atom. The van der Waals surface area contributed by atoms with E-state index in [1.807, 2.05) is 0 Å². The first-order chi connectivity index (χ1) is 10.7. The summed E-state index contributed by atoms with van der Waals surface area (Å²) in [6.07, 6.45) is 6.72. The van der Waals surface area contributed by atoms with Crippen LogP contribution in [-0.4, -0.2) is 31.5 Å². The molecule has 0 spiro atoms. The molecular formula is C18H30O4S. The minimum Gasteiger partial charge on any atom is -0.462 e. The fourth-order valence-corrected chi connectivity index (χ4v) is 7.00. The van der Waals surface area contributed by atoms with E-state index < -0.39 is 9.84 Å². The summed E-state index contributed by atoms with van der Waals surface area (Å²) in [7, 11) is -3.14. The summed E-state index contributed by atoms with van der Waals surface area (Å²) in [6.45, 7) is 6.79. The molecule has 3 aliphatic rings. The van der Waals surface area contributed by atoms with Crippen LogP contribution in [0.2, 0.25) is 0 Å². The van der Waals surface area contributed by atoms with Crippen molar-refractivity contribution >= 4 is 15.8 Å². The first-order valence-electron chi connectivity index (χ1n) is 9.08. The monoisotopic (exact) mass is 342 g/mol. The van der Waals surface area contributed by atoms with Crippen molar-refractivity contribution in [2.75, 3.05) is 5.75 Å². The minimum absolute atomic E-state index is 0.0104. The number of hydrogen-bond donors (Lipinski definition) is 0. The highest BCUT2D eigenvalue weighted by Gasteiger charge is 2.62. The van der Waals surface area contributed by atoms with E-state index in [4.69, 9.17) is 4.74 Å². The standard InChI is InChI=1S/C18H30O4S/c1-17(2)13-8-10-18(17,3)15(12-13)22-16(19)9-11-23(20,21)14-6-4-5-7-14/h13-15H,4-12H2,1-3H3/t13-,15-,18-/m0/s1. The molecule has 0 N–H and O–H groups in total. The molecule has 3 fully saturated rings. The van der Waals surface area contributed by atoms with Crippen LogP contribution in [0.25, 0.3) is 0 Å². The highest BCUT2D eigenvalue weighted by molar-refractivity contribution is 7.92. The largest absolute Gasteiger partial charge is 0.462 e. The molecular weight excluding hydrogens is 312 g/mol. The zero-order chi connectivity index (χ0) is 16.9. The fraction of sp³-hybridized carbons (Fsp3) is 0.944. The van der Waals surface area contributed by atoms with Gasteiger partial charge in [0.1, 0.15) is 6.10 Å². The van der Waals surface area contributed by atoms with Crippen LogP contribution in [-0.2, 0) is 19.4 Å². The van der Waals surface area contributed by atoms with Gasteiger partial charge in [-0.05, 0) is 43.4 Å². The van der Waals surface area contributed by atoms with E-state index in [1.165, 1.54) is 6.42 Å². The molecule has 0 saturated heterocycles. The van der Waals surface area contributed by atoms with Gasteiger partial charge in [0.15, 0.2) is 9.84 Å². The van der Waals surface area contributed by atoms with E-state index in [0.717, 1.165) is 38.5 Å². The van der Waals surface area contributed by atoms with Crippen LogP contribution < -0.4 is 0 Å². The zero-order valence-corrected chi connectivity index (χ0v) is 15.5. The molecule has 0 unspecified atom stereocenters.